The quantitative estimate of drug-likeness (QED) is 0.810. The fraction of sp³-hybridized carbons (Fsp3) is 0.357. The van der Waals surface area contributed by atoms with Crippen molar-refractivity contribution in [1.29, 1.82) is 0 Å². The SMILES string of the molecule is CCOc1cccc(NCc2cnn(C)c2C)c1N. The summed E-state index contributed by atoms with van der Waals surface area (Å²) in [6.07, 6.45) is 1.87. The van der Waals surface area contributed by atoms with Crippen molar-refractivity contribution in [3.8, 4) is 5.75 Å². The highest BCUT2D eigenvalue weighted by atomic mass is 16.5. The summed E-state index contributed by atoms with van der Waals surface area (Å²) < 4.78 is 7.33. The molecule has 0 amide bonds. The van der Waals surface area contributed by atoms with Crippen molar-refractivity contribution >= 4 is 11.4 Å². The van der Waals surface area contributed by atoms with Crippen molar-refractivity contribution in [3.63, 3.8) is 0 Å². The van der Waals surface area contributed by atoms with E-state index in [9.17, 15) is 0 Å². The highest BCUT2D eigenvalue weighted by molar-refractivity contribution is 5.72. The van der Waals surface area contributed by atoms with Crippen LogP contribution < -0.4 is 15.8 Å². The van der Waals surface area contributed by atoms with Gasteiger partial charge in [0.25, 0.3) is 0 Å². The molecule has 1 aromatic heterocycles. The first-order valence-electron chi connectivity index (χ1n) is 6.36. The number of para-hydroxylation sites is 1. The van der Waals surface area contributed by atoms with Gasteiger partial charge in [-0.05, 0) is 26.0 Å². The molecule has 5 heteroatoms. The summed E-state index contributed by atoms with van der Waals surface area (Å²) in [7, 11) is 1.93. The Labute approximate surface area is 113 Å². The smallest absolute Gasteiger partial charge is 0.144 e. The number of nitrogen functional groups attached to an aromatic ring is 1. The molecule has 1 aromatic carbocycles. The maximum atomic E-state index is 6.07. The van der Waals surface area contributed by atoms with Crippen LogP contribution >= 0.6 is 0 Å². The summed E-state index contributed by atoms with van der Waals surface area (Å²) in [6.45, 7) is 5.29. The molecule has 2 aromatic rings. The molecule has 0 saturated carbocycles. The Balaban J connectivity index is 2.11. The second kappa shape index (κ2) is 5.65. The van der Waals surface area contributed by atoms with E-state index in [0.717, 1.165) is 22.7 Å². The van der Waals surface area contributed by atoms with Gasteiger partial charge in [0.1, 0.15) is 5.75 Å². The van der Waals surface area contributed by atoms with Gasteiger partial charge in [-0.15, -0.1) is 0 Å². The topological polar surface area (TPSA) is 65.1 Å². The third kappa shape index (κ3) is 2.81. The number of hydrogen-bond acceptors (Lipinski definition) is 4. The van der Waals surface area contributed by atoms with E-state index in [2.05, 4.69) is 10.4 Å². The molecule has 0 saturated heterocycles. The molecule has 0 aliphatic heterocycles. The number of aryl methyl sites for hydroxylation is 1. The average Bonchev–Trinajstić information content (AvgIpc) is 2.71. The van der Waals surface area contributed by atoms with Gasteiger partial charge in [-0.25, -0.2) is 0 Å². The highest BCUT2D eigenvalue weighted by Crippen LogP contribution is 2.29. The van der Waals surface area contributed by atoms with Crippen LogP contribution in [0.4, 0.5) is 11.4 Å². The van der Waals surface area contributed by atoms with Gasteiger partial charge in [-0.3, -0.25) is 4.68 Å². The van der Waals surface area contributed by atoms with Crippen LogP contribution in [0.15, 0.2) is 24.4 Å². The van der Waals surface area contributed by atoms with E-state index >= 15 is 0 Å². The van der Waals surface area contributed by atoms with Gasteiger partial charge in [0.2, 0.25) is 0 Å². The minimum Gasteiger partial charge on any atom is -0.492 e. The normalized spacial score (nSPS) is 10.5. The number of nitrogens with zero attached hydrogens (tertiary/aromatic N) is 2. The molecule has 0 aliphatic rings. The van der Waals surface area contributed by atoms with Crippen LogP contribution in [-0.4, -0.2) is 16.4 Å². The van der Waals surface area contributed by atoms with E-state index in [-0.39, 0.29) is 0 Å². The maximum Gasteiger partial charge on any atom is 0.144 e. The lowest BCUT2D eigenvalue weighted by Gasteiger charge is -2.13. The zero-order valence-electron chi connectivity index (χ0n) is 11.6. The molecule has 0 unspecified atom stereocenters. The molecular weight excluding hydrogens is 240 g/mol. The zero-order valence-corrected chi connectivity index (χ0v) is 11.6. The van der Waals surface area contributed by atoms with Crippen LogP contribution in [0.5, 0.6) is 5.75 Å². The molecule has 5 nitrogen and oxygen atoms in total. The van der Waals surface area contributed by atoms with Gasteiger partial charge < -0.3 is 15.8 Å². The Kier molecular flexibility index (Phi) is 3.94. The lowest BCUT2D eigenvalue weighted by Crippen LogP contribution is -2.05. The fourth-order valence-corrected chi connectivity index (χ4v) is 1.89. The summed E-state index contributed by atoms with van der Waals surface area (Å²) in [5.74, 6) is 0.718. The van der Waals surface area contributed by atoms with Crippen LogP contribution in [0.3, 0.4) is 0 Å². The van der Waals surface area contributed by atoms with Crippen molar-refractivity contribution < 1.29 is 4.74 Å². The average molecular weight is 260 g/mol. The minimum atomic E-state index is 0.607. The number of anilines is 2. The van der Waals surface area contributed by atoms with E-state index in [1.165, 1.54) is 0 Å². The molecule has 0 bridgehead atoms. The largest absolute Gasteiger partial charge is 0.492 e. The Bertz CT molecular complexity index is 563. The molecule has 0 radical (unpaired) electrons. The molecule has 1 heterocycles. The van der Waals surface area contributed by atoms with Gasteiger partial charge in [-0.2, -0.15) is 5.10 Å². The summed E-state index contributed by atoms with van der Waals surface area (Å²) >= 11 is 0. The molecule has 3 N–H and O–H groups in total. The lowest BCUT2D eigenvalue weighted by atomic mass is 10.2. The Morgan fingerprint density at radius 2 is 2.21 bits per heavy atom. The third-order valence-corrected chi connectivity index (χ3v) is 3.17. The van der Waals surface area contributed by atoms with Crippen LogP contribution in [0.1, 0.15) is 18.2 Å². The highest BCUT2D eigenvalue weighted by Gasteiger charge is 2.07. The Hall–Kier alpha value is -2.17. The number of ether oxygens (including phenoxy) is 1. The molecule has 19 heavy (non-hydrogen) atoms. The Morgan fingerprint density at radius 1 is 1.42 bits per heavy atom. The number of rotatable bonds is 5. The van der Waals surface area contributed by atoms with E-state index in [0.29, 0.717) is 18.8 Å². The summed E-state index contributed by atoms with van der Waals surface area (Å²) in [4.78, 5) is 0. The second-order valence-corrected chi connectivity index (χ2v) is 4.38. The summed E-state index contributed by atoms with van der Waals surface area (Å²) in [6, 6.07) is 5.75. The number of nitrogens with one attached hydrogen (secondary N) is 1. The molecule has 0 aliphatic carbocycles. The Morgan fingerprint density at radius 3 is 2.84 bits per heavy atom. The molecule has 0 spiro atoms. The van der Waals surface area contributed by atoms with Crippen molar-refractivity contribution in [3.05, 3.63) is 35.7 Å². The van der Waals surface area contributed by atoms with E-state index in [4.69, 9.17) is 10.5 Å². The first kappa shape index (κ1) is 13.3. The van der Waals surface area contributed by atoms with E-state index in [1.807, 2.05) is 50.0 Å². The van der Waals surface area contributed by atoms with E-state index < -0.39 is 0 Å². The third-order valence-electron chi connectivity index (χ3n) is 3.17. The van der Waals surface area contributed by atoms with Gasteiger partial charge in [0.15, 0.2) is 0 Å². The number of nitrogens with two attached hydrogens (primary N) is 1. The molecule has 0 atom stereocenters. The fourth-order valence-electron chi connectivity index (χ4n) is 1.89. The van der Waals surface area contributed by atoms with Crippen molar-refractivity contribution in [2.75, 3.05) is 17.7 Å². The van der Waals surface area contributed by atoms with Crippen LogP contribution in [0.2, 0.25) is 0 Å². The zero-order chi connectivity index (χ0) is 13.8. The molecule has 0 fully saturated rings. The van der Waals surface area contributed by atoms with Gasteiger partial charge in [0.05, 0.1) is 24.2 Å². The standard InChI is InChI=1S/C14H20N4O/c1-4-19-13-7-5-6-12(14(13)15)16-8-11-9-17-18(3)10(11)2/h5-7,9,16H,4,8,15H2,1-3H3. The predicted molar refractivity (Wildman–Crippen MR) is 77.3 cm³/mol. The predicted octanol–water partition coefficient (Wildman–Crippen LogP) is 2.32. The minimum absolute atomic E-state index is 0.607. The number of hydrogen-bond donors (Lipinski definition) is 2. The van der Waals surface area contributed by atoms with Crippen molar-refractivity contribution in [1.82, 2.24) is 9.78 Å². The monoisotopic (exact) mass is 260 g/mol. The molecule has 2 rings (SSSR count). The van der Waals surface area contributed by atoms with Crippen LogP contribution in [0.25, 0.3) is 0 Å². The summed E-state index contributed by atoms with van der Waals surface area (Å²) in [5, 5.41) is 7.54. The second-order valence-electron chi connectivity index (χ2n) is 4.38. The number of aromatic nitrogens is 2. The first-order chi connectivity index (χ1) is 9.13. The number of benzene rings is 1. The van der Waals surface area contributed by atoms with Gasteiger partial charge in [-0.1, -0.05) is 6.07 Å². The van der Waals surface area contributed by atoms with Crippen LogP contribution in [0, 0.1) is 6.92 Å². The van der Waals surface area contributed by atoms with Crippen LogP contribution in [-0.2, 0) is 13.6 Å². The molecular formula is C14H20N4O. The lowest BCUT2D eigenvalue weighted by molar-refractivity contribution is 0.342. The summed E-state index contributed by atoms with van der Waals surface area (Å²) in [5.41, 5.74) is 9.90. The molecule has 102 valence electrons. The van der Waals surface area contributed by atoms with Crippen molar-refractivity contribution in [2.24, 2.45) is 7.05 Å². The first-order valence-corrected chi connectivity index (χ1v) is 6.36. The maximum absolute atomic E-state index is 6.07. The van der Waals surface area contributed by atoms with E-state index in [1.54, 1.807) is 0 Å². The van der Waals surface area contributed by atoms with Gasteiger partial charge in [0, 0.05) is 24.8 Å². The van der Waals surface area contributed by atoms with Crippen molar-refractivity contribution in [2.45, 2.75) is 20.4 Å². The van der Waals surface area contributed by atoms with Gasteiger partial charge >= 0.3 is 0 Å².